The number of fused-ring (bicyclic) bond motifs is 1. The quantitative estimate of drug-likeness (QED) is 0.654. The predicted octanol–water partition coefficient (Wildman–Crippen LogP) is 2.81. The lowest BCUT2D eigenvalue weighted by Crippen LogP contribution is -2.34. The second-order valence-corrected chi connectivity index (χ2v) is 8.62. The molecule has 5 rings (SSSR count). The van der Waals surface area contributed by atoms with Crippen LogP contribution in [0.3, 0.4) is 0 Å². The van der Waals surface area contributed by atoms with Crippen molar-refractivity contribution in [2.24, 2.45) is 5.92 Å². The van der Waals surface area contributed by atoms with Crippen LogP contribution < -0.4 is 5.32 Å². The SMILES string of the molecule is CCn1c(-c2cnc(C)nc2)nc2c(NC3CC[C@@H](C(=O)N(C)C4CC4)C3)ncnc21. The Hall–Kier alpha value is -3.10. The lowest BCUT2D eigenvalue weighted by atomic mass is 10.1. The molecule has 2 saturated carbocycles. The Morgan fingerprint density at radius 2 is 1.94 bits per heavy atom. The highest BCUT2D eigenvalue weighted by molar-refractivity contribution is 5.86. The summed E-state index contributed by atoms with van der Waals surface area (Å²) in [5.74, 6) is 2.61. The minimum Gasteiger partial charge on any atom is -0.365 e. The molecule has 1 amide bonds. The topological polar surface area (TPSA) is 102 Å². The monoisotopic (exact) mass is 420 g/mol. The van der Waals surface area contributed by atoms with E-state index in [0.29, 0.717) is 6.04 Å². The summed E-state index contributed by atoms with van der Waals surface area (Å²) in [6.07, 6.45) is 10.1. The molecule has 3 aromatic heterocycles. The van der Waals surface area contributed by atoms with Gasteiger partial charge in [-0.25, -0.2) is 24.9 Å². The molecule has 162 valence electrons. The van der Waals surface area contributed by atoms with Gasteiger partial charge in [-0.3, -0.25) is 4.79 Å². The lowest BCUT2D eigenvalue weighted by molar-refractivity contribution is -0.134. The standard InChI is InChI=1S/C22H28N8O/c1-4-30-20(15-10-23-13(2)24-11-15)28-18-19(25-12-26-21(18)30)27-16-6-5-14(9-16)22(31)29(3)17-7-8-17/h10-12,14,16-17H,4-9H2,1-3H3,(H,25,26,27)/t14-,16?/m1/s1. The van der Waals surface area contributed by atoms with Crippen molar-refractivity contribution in [1.82, 2.24) is 34.4 Å². The molecule has 3 aromatic rings. The highest BCUT2D eigenvalue weighted by atomic mass is 16.2. The molecular weight excluding hydrogens is 392 g/mol. The van der Waals surface area contributed by atoms with Crippen LogP contribution in [-0.2, 0) is 11.3 Å². The van der Waals surface area contributed by atoms with Gasteiger partial charge in [-0.2, -0.15) is 0 Å². The molecule has 1 N–H and O–H groups in total. The normalized spacial score (nSPS) is 20.9. The average molecular weight is 421 g/mol. The van der Waals surface area contributed by atoms with E-state index in [9.17, 15) is 4.79 Å². The van der Waals surface area contributed by atoms with Crippen LogP contribution in [-0.4, -0.2) is 59.4 Å². The van der Waals surface area contributed by atoms with Crippen molar-refractivity contribution >= 4 is 22.9 Å². The van der Waals surface area contributed by atoms with Crippen molar-refractivity contribution in [3.05, 3.63) is 24.5 Å². The Balaban J connectivity index is 1.39. The summed E-state index contributed by atoms with van der Waals surface area (Å²) in [4.78, 5) is 37.2. The molecule has 2 fully saturated rings. The van der Waals surface area contributed by atoms with Crippen LogP contribution in [0, 0.1) is 12.8 Å². The molecule has 1 unspecified atom stereocenters. The molecule has 0 radical (unpaired) electrons. The summed E-state index contributed by atoms with van der Waals surface area (Å²) in [5.41, 5.74) is 2.38. The Morgan fingerprint density at radius 1 is 1.16 bits per heavy atom. The van der Waals surface area contributed by atoms with Gasteiger partial charge in [0.05, 0.1) is 5.56 Å². The molecule has 2 aliphatic carbocycles. The molecule has 2 atom stereocenters. The summed E-state index contributed by atoms with van der Waals surface area (Å²) in [6.45, 7) is 4.66. The summed E-state index contributed by atoms with van der Waals surface area (Å²) in [5, 5.41) is 3.55. The zero-order valence-electron chi connectivity index (χ0n) is 18.2. The fraction of sp³-hybridized carbons (Fsp3) is 0.545. The first-order valence-electron chi connectivity index (χ1n) is 11.1. The molecule has 9 nitrogen and oxygen atoms in total. The number of hydrogen-bond acceptors (Lipinski definition) is 7. The van der Waals surface area contributed by atoms with Crippen LogP contribution in [0.15, 0.2) is 18.7 Å². The van der Waals surface area contributed by atoms with Crippen LogP contribution in [0.5, 0.6) is 0 Å². The second-order valence-electron chi connectivity index (χ2n) is 8.62. The number of nitrogens with one attached hydrogen (secondary N) is 1. The van der Waals surface area contributed by atoms with E-state index in [1.165, 1.54) is 0 Å². The van der Waals surface area contributed by atoms with E-state index in [4.69, 9.17) is 4.98 Å². The Bertz CT molecular complexity index is 1100. The summed E-state index contributed by atoms with van der Waals surface area (Å²) in [7, 11) is 1.95. The molecule has 0 spiro atoms. The average Bonchev–Trinajstić information content (AvgIpc) is 3.41. The number of amides is 1. The number of hydrogen-bond donors (Lipinski definition) is 1. The number of imidazole rings is 1. The van der Waals surface area contributed by atoms with E-state index < -0.39 is 0 Å². The summed E-state index contributed by atoms with van der Waals surface area (Å²) < 4.78 is 2.06. The van der Waals surface area contributed by atoms with E-state index in [2.05, 4.69) is 36.7 Å². The van der Waals surface area contributed by atoms with Gasteiger partial charge in [0.2, 0.25) is 5.91 Å². The molecular formula is C22H28N8O. The smallest absolute Gasteiger partial charge is 0.225 e. The zero-order valence-corrected chi connectivity index (χ0v) is 18.2. The fourth-order valence-electron chi connectivity index (χ4n) is 4.53. The number of rotatable bonds is 6. The number of aromatic nitrogens is 6. The number of aryl methyl sites for hydroxylation is 2. The van der Waals surface area contributed by atoms with E-state index in [0.717, 1.165) is 72.8 Å². The van der Waals surface area contributed by atoms with E-state index >= 15 is 0 Å². The van der Waals surface area contributed by atoms with Crippen molar-refractivity contribution in [2.45, 2.75) is 64.6 Å². The summed E-state index contributed by atoms with van der Waals surface area (Å²) >= 11 is 0. The molecule has 0 bridgehead atoms. The van der Waals surface area contributed by atoms with E-state index in [1.807, 2.05) is 18.9 Å². The first-order valence-corrected chi connectivity index (χ1v) is 11.1. The first-order chi connectivity index (χ1) is 15.0. The maximum absolute atomic E-state index is 12.7. The largest absolute Gasteiger partial charge is 0.365 e. The number of anilines is 1. The van der Waals surface area contributed by atoms with E-state index in [1.54, 1.807) is 18.7 Å². The van der Waals surface area contributed by atoms with Crippen molar-refractivity contribution in [3.8, 4) is 11.4 Å². The van der Waals surface area contributed by atoms with Gasteiger partial charge in [0, 0.05) is 44.0 Å². The minimum atomic E-state index is 0.0916. The van der Waals surface area contributed by atoms with E-state index in [-0.39, 0.29) is 17.9 Å². The van der Waals surface area contributed by atoms with Crippen LogP contribution in [0.2, 0.25) is 0 Å². The number of carbonyl (C=O) groups excluding carboxylic acids is 1. The maximum Gasteiger partial charge on any atom is 0.225 e. The Labute approximate surface area is 181 Å². The summed E-state index contributed by atoms with van der Waals surface area (Å²) in [6, 6.07) is 0.667. The van der Waals surface area contributed by atoms with Gasteiger partial charge in [-0.1, -0.05) is 0 Å². The molecule has 2 aliphatic rings. The highest BCUT2D eigenvalue weighted by Gasteiger charge is 2.37. The molecule has 0 aliphatic heterocycles. The molecule has 9 heteroatoms. The van der Waals surface area contributed by atoms with Gasteiger partial charge in [-0.15, -0.1) is 0 Å². The highest BCUT2D eigenvalue weighted by Crippen LogP contribution is 2.34. The van der Waals surface area contributed by atoms with Gasteiger partial charge in [0.1, 0.15) is 18.0 Å². The van der Waals surface area contributed by atoms with Gasteiger partial charge in [0.15, 0.2) is 17.0 Å². The third-order valence-corrected chi connectivity index (χ3v) is 6.45. The third kappa shape index (κ3) is 3.73. The number of carbonyl (C=O) groups is 1. The Kier molecular flexibility index (Phi) is 5.03. The minimum absolute atomic E-state index is 0.0916. The van der Waals surface area contributed by atoms with Gasteiger partial charge in [-0.05, 0) is 46.0 Å². The van der Waals surface area contributed by atoms with Crippen molar-refractivity contribution in [3.63, 3.8) is 0 Å². The Morgan fingerprint density at radius 3 is 2.65 bits per heavy atom. The zero-order chi connectivity index (χ0) is 21.5. The van der Waals surface area contributed by atoms with Crippen LogP contribution in [0.4, 0.5) is 5.82 Å². The van der Waals surface area contributed by atoms with Crippen LogP contribution >= 0.6 is 0 Å². The van der Waals surface area contributed by atoms with Gasteiger partial charge >= 0.3 is 0 Å². The van der Waals surface area contributed by atoms with Gasteiger partial charge < -0.3 is 14.8 Å². The predicted molar refractivity (Wildman–Crippen MR) is 117 cm³/mol. The molecule has 31 heavy (non-hydrogen) atoms. The second kappa shape index (κ2) is 7.86. The molecule has 0 saturated heterocycles. The molecule has 3 heterocycles. The van der Waals surface area contributed by atoms with Crippen LogP contribution in [0.1, 0.15) is 44.9 Å². The van der Waals surface area contributed by atoms with Crippen LogP contribution in [0.25, 0.3) is 22.6 Å². The first kappa shape index (κ1) is 19.8. The third-order valence-electron chi connectivity index (χ3n) is 6.45. The lowest BCUT2D eigenvalue weighted by Gasteiger charge is -2.21. The maximum atomic E-state index is 12.7. The molecule has 0 aromatic carbocycles. The van der Waals surface area contributed by atoms with Crippen molar-refractivity contribution in [2.75, 3.05) is 12.4 Å². The number of nitrogens with zero attached hydrogens (tertiary/aromatic N) is 7. The van der Waals surface area contributed by atoms with Crippen molar-refractivity contribution in [1.29, 1.82) is 0 Å². The van der Waals surface area contributed by atoms with Crippen molar-refractivity contribution < 1.29 is 4.79 Å². The fourth-order valence-corrected chi connectivity index (χ4v) is 4.53. The van der Waals surface area contributed by atoms with Gasteiger partial charge in [0.25, 0.3) is 0 Å².